The SMILES string of the molecule is CN1CCC(Nc2nc(N)c3ccc(-c4cccc(S(C)(=O)=O)c4)nc3n2)CC1. The molecule has 1 fully saturated rings. The fourth-order valence-electron chi connectivity index (χ4n) is 3.48. The average molecular weight is 413 g/mol. The number of fused-ring (bicyclic) bond motifs is 1. The van der Waals surface area contributed by atoms with E-state index < -0.39 is 9.84 Å². The van der Waals surface area contributed by atoms with Crippen LogP contribution in [-0.2, 0) is 9.84 Å². The summed E-state index contributed by atoms with van der Waals surface area (Å²) in [7, 11) is -1.18. The highest BCUT2D eigenvalue weighted by Crippen LogP contribution is 2.26. The zero-order valence-electron chi connectivity index (χ0n) is 16.5. The summed E-state index contributed by atoms with van der Waals surface area (Å²) in [4.78, 5) is 16.1. The van der Waals surface area contributed by atoms with E-state index in [0.29, 0.717) is 40.1 Å². The average Bonchev–Trinajstić information content (AvgIpc) is 2.69. The van der Waals surface area contributed by atoms with Crippen molar-refractivity contribution in [2.75, 3.05) is 37.4 Å². The van der Waals surface area contributed by atoms with Crippen LogP contribution in [0.5, 0.6) is 0 Å². The molecule has 2 aromatic heterocycles. The van der Waals surface area contributed by atoms with E-state index in [1.54, 1.807) is 24.3 Å². The number of nitrogens with zero attached hydrogens (tertiary/aromatic N) is 4. The van der Waals surface area contributed by atoms with Crippen molar-refractivity contribution in [3.05, 3.63) is 36.4 Å². The number of aromatic nitrogens is 3. The van der Waals surface area contributed by atoms with Gasteiger partial charge in [-0.1, -0.05) is 12.1 Å². The predicted molar refractivity (Wildman–Crippen MR) is 114 cm³/mol. The van der Waals surface area contributed by atoms with Crippen molar-refractivity contribution in [2.45, 2.75) is 23.8 Å². The van der Waals surface area contributed by atoms with E-state index in [4.69, 9.17) is 5.73 Å². The number of rotatable bonds is 4. The molecular formula is C20H24N6O2S. The Morgan fingerprint density at radius 2 is 1.86 bits per heavy atom. The highest BCUT2D eigenvalue weighted by molar-refractivity contribution is 7.90. The molecule has 1 aromatic carbocycles. The van der Waals surface area contributed by atoms with E-state index in [1.165, 1.54) is 6.26 Å². The molecule has 8 nitrogen and oxygen atoms in total. The monoisotopic (exact) mass is 412 g/mol. The van der Waals surface area contributed by atoms with Gasteiger partial charge in [0.15, 0.2) is 15.5 Å². The summed E-state index contributed by atoms with van der Waals surface area (Å²) in [5, 5.41) is 4.04. The van der Waals surface area contributed by atoms with Gasteiger partial charge in [0.1, 0.15) is 5.82 Å². The summed E-state index contributed by atoms with van der Waals surface area (Å²) in [5.74, 6) is 0.841. The Hall–Kier alpha value is -2.78. The Balaban J connectivity index is 1.68. The minimum Gasteiger partial charge on any atom is -0.383 e. The van der Waals surface area contributed by atoms with E-state index >= 15 is 0 Å². The van der Waals surface area contributed by atoms with Gasteiger partial charge in [0.2, 0.25) is 5.95 Å². The molecule has 0 radical (unpaired) electrons. The number of hydrogen-bond acceptors (Lipinski definition) is 8. The largest absolute Gasteiger partial charge is 0.383 e. The lowest BCUT2D eigenvalue weighted by Crippen LogP contribution is -2.37. The summed E-state index contributed by atoms with van der Waals surface area (Å²) >= 11 is 0. The smallest absolute Gasteiger partial charge is 0.226 e. The van der Waals surface area contributed by atoms with Crippen molar-refractivity contribution in [1.82, 2.24) is 19.9 Å². The fraction of sp³-hybridized carbons (Fsp3) is 0.350. The van der Waals surface area contributed by atoms with Crippen LogP contribution in [0.4, 0.5) is 11.8 Å². The molecule has 0 aliphatic carbocycles. The van der Waals surface area contributed by atoms with Crippen LogP contribution < -0.4 is 11.1 Å². The zero-order chi connectivity index (χ0) is 20.6. The van der Waals surface area contributed by atoms with Crippen molar-refractivity contribution >= 4 is 32.6 Å². The van der Waals surface area contributed by atoms with Crippen molar-refractivity contribution < 1.29 is 8.42 Å². The lowest BCUT2D eigenvalue weighted by molar-refractivity contribution is 0.263. The number of nitrogens with one attached hydrogen (secondary N) is 1. The van der Waals surface area contributed by atoms with Crippen molar-refractivity contribution in [3.63, 3.8) is 0 Å². The lowest BCUT2D eigenvalue weighted by Gasteiger charge is -2.29. The van der Waals surface area contributed by atoms with E-state index in [1.807, 2.05) is 12.1 Å². The molecule has 1 saturated heterocycles. The van der Waals surface area contributed by atoms with Crippen LogP contribution in [0.25, 0.3) is 22.3 Å². The minimum atomic E-state index is -3.30. The van der Waals surface area contributed by atoms with E-state index in [2.05, 4.69) is 32.2 Å². The summed E-state index contributed by atoms with van der Waals surface area (Å²) in [6.45, 7) is 2.06. The molecule has 0 saturated carbocycles. The summed E-state index contributed by atoms with van der Waals surface area (Å²) in [5.41, 5.74) is 7.95. The number of piperidine rings is 1. The minimum absolute atomic E-state index is 0.253. The number of nitrogens with two attached hydrogens (primary N) is 1. The van der Waals surface area contributed by atoms with Gasteiger partial charge in [-0.25, -0.2) is 13.4 Å². The van der Waals surface area contributed by atoms with Gasteiger partial charge in [-0.05, 0) is 57.2 Å². The second-order valence-electron chi connectivity index (χ2n) is 7.52. The molecule has 1 aliphatic heterocycles. The van der Waals surface area contributed by atoms with Gasteiger partial charge in [-0.2, -0.15) is 9.97 Å². The van der Waals surface area contributed by atoms with Crippen molar-refractivity contribution in [1.29, 1.82) is 0 Å². The molecule has 3 aromatic rings. The molecule has 1 aliphatic rings. The number of benzene rings is 1. The first kappa shape index (κ1) is 19.5. The third kappa shape index (κ3) is 4.30. The molecule has 3 heterocycles. The molecule has 3 N–H and O–H groups in total. The summed E-state index contributed by atoms with van der Waals surface area (Å²) < 4.78 is 23.7. The number of sulfone groups is 1. The predicted octanol–water partition coefficient (Wildman–Crippen LogP) is 2.18. The molecule has 29 heavy (non-hydrogen) atoms. The molecule has 152 valence electrons. The number of pyridine rings is 1. The topological polar surface area (TPSA) is 114 Å². The second kappa shape index (κ2) is 7.57. The molecule has 0 bridgehead atoms. The van der Waals surface area contributed by atoms with Crippen LogP contribution >= 0.6 is 0 Å². The van der Waals surface area contributed by atoms with E-state index in [0.717, 1.165) is 25.9 Å². The highest BCUT2D eigenvalue weighted by Gasteiger charge is 2.18. The quantitative estimate of drug-likeness (QED) is 0.670. The molecule has 0 atom stereocenters. The third-order valence-corrected chi connectivity index (χ3v) is 6.31. The van der Waals surface area contributed by atoms with Crippen molar-refractivity contribution in [3.8, 4) is 11.3 Å². The Kier molecular flexibility index (Phi) is 5.10. The third-order valence-electron chi connectivity index (χ3n) is 5.20. The first-order valence-corrected chi connectivity index (χ1v) is 11.4. The van der Waals surface area contributed by atoms with Gasteiger partial charge in [-0.15, -0.1) is 0 Å². The van der Waals surface area contributed by atoms with Crippen LogP contribution in [0.1, 0.15) is 12.8 Å². The molecule has 4 rings (SSSR count). The normalized spacial score (nSPS) is 16.2. The number of hydrogen-bond donors (Lipinski definition) is 2. The summed E-state index contributed by atoms with van der Waals surface area (Å²) in [6, 6.07) is 10.6. The Morgan fingerprint density at radius 1 is 1.10 bits per heavy atom. The Morgan fingerprint density at radius 3 is 2.59 bits per heavy atom. The van der Waals surface area contributed by atoms with Gasteiger partial charge in [0.25, 0.3) is 0 Å². The number of likely N-dealkylation sites (tertiary alicyclic amines) is 1. The van der Waals surface area contributed by atoms with Gasteiger partial charge in [0, 0.05) is 17.9 Å². The number of nitrogen functional groups attached to an aromatic ring is 1. The molecular weight excluding hydrogens is 388 g/mol. The number of anilines is 2. The fourth-order valence-corrected chi connectivity index (χ4v) is 4.15. The molecule has 0 unspecified atom stereocenters. The van der Waals surface area contributed by atoms with Crippen molar-refractivity contribution in [2.24, 2.45) is 0 Å². The van der Waals surface area contributed by atoms with E-state index in [9.17, 15) is 8.42 Å². The first-order chi connectivity index (χ1) is 13.8. The lowest BCUT2D eigenvalue weighted by atomic mass is 10.1. The Bertz CT molecular complexity index is 1160. The standard InChI is InChI=1S/C20H24N6O2S/c1-26-10-8-14(9-11-26)22-20-24-18(21)16-6-7-17(23-19(16)25-20)13-4-3-5-15(12-13)29(2,27)28/h3-7,12,14H,8-11H2,1-2H3,(H3,21,22,23,24,25). The first-order valence-electron chi connectivity index (χ1n) is 9.49. The van der Waals surface area contributed by atoms with Gasteiger partial charge in [0.05, 0.1) is 16.0 Å². The van der Waals surface area contributed by atoms with Gasteiger partial charge >= 0.3 is 0 Å². The second-order valence-corrected chi connectivity index (χ2v) is 9.54. The maximum atomic E-state index is 11.9. The van der Waals surface area contributed by atoms with Crippen LogP contribution in [0, 0.1) is 0 Å². The van der Waals surface area contributed by atoms with Crippen LogP contribution in [-0.4, -0.2) is 60.7 Å². The summed E-state index contributed by atoms with van der Waals surface area (Å²) in [6.07, 6.45) is 3.22. The van der Waals surface area contributed by atoms with Crippen LogP contribution in [0.2, 0.25) is 0 Å². The maximum absolute atomic E-state index is 11.9. The van der Waals surface area contributed by atoms with Crippen LogP contribution in [0.3, 0.4) is 0 Å². The van der Waals surface area contributed by atoms with Gasteiger partial charge < -0.3 is 16.0 Å². The van der Waals surface area contributed by atoms with Gasteiger partial charge in [-0.3, -0.25) is 0 Å². The van der Waals surface area contributed by atoms with E-state index in [-0.39, 0.29) is 4.90 Å². The molecule has 0 amide bonds. The Labute approximate surface area is 170 Å². The highest BCUT2D eigenvalue weighted by atomic mass is 32.2. The zero-order valence-corrected chi connectivity index (χ0v) is 17.3. The maximum Gasteiger partial charge on any atom is 0.226 e. The molecule has 0 spiro atoms. The molecule has 9 heteroatoms. The van der Waals surface area contributed by atoms with Crippen LogP contribution in [0.15, 0.2) is 41.3 Å².